The molecule has 26 heavy (non-hydrogen) atoms. The molecule has 0 aliphatic heterocycles. The van der Waals surface area contributed by atoms with E-state index in [-0.39, 0.29) is 16.7 Å². The summed E-state index contributed by atoms with van der Waals surface area (Å²) in [4.78, 5) is 25.8. The van der Waals surface area contributed by atoms with E-state index >= 15 is 0 Å². The Kier molecular flexibility index (Phi) is 4.36. The van der Waals surface area contributed by atoms with Crippen molar-refractivity contribution < 1.29 is 14.0 Å². The average molecular weight is 377 g/mol. The first-order chi connectivity index (χ1) is 12.0. The van der Waals surface area contributed by atoms with Crippen molar-refractivity contribution in [3.63, 3.8) is 0 Å². The summed E-state index contributed by atoms with van der Waals surface area (Å²) < 4.78 is 6.44. The molecule has 7 atom stereocenters. The first kappa shape index (κ1) is 18.9. The zero-order valence-corrected chi connectivity index (χ0v) is 18.3. The van der Waals surface area contributed by atoms with Crippen molar-refractivity contribution in [2.75, 3.05) is 0 Å². The Morgan fingerprint density at radius 2 is 1.77 bits per heavy atom. The number of hydrogen-bond donors (Lipinski definition) is 0. The standard InChI is InChI=1S/C22H36O3Si/c1-21-11-10-15(25-26(3,4)5)12-14(21)6-7-16-17-8-9-19(24)22(17,2)13-18(23)20(16)21/h14-17,20H,6-13H2,1-5H3/t14-,15-,16+,17+,20-,21+,22+/m1/s1. The summed E-state index contributed by atoms with van der Waals surface area (Å²) in [5, 5.41) is 0. The fraction of sp³-hybridized carbons (Fsp3) is 0.909. The van der Waals surface area contributed by atoms with Crippen LogP contribution in [0.5, 0.6) is 0 Å². The van der Waals surface area contributed by atoms with E-state index in [0.29, 0.717) is 48.3 Å². The molecule has 3 nitrogen and oxygen atoms in total. The smallest absolute Gasteiger partial charge is 0.184 e. The van der Waals surface area contributed by atoms with E-state index < -0.39 is 8.32 Å². The molecule has 0 spiro atoms. The molecule has 0 unspecified atom stereocenters. The van der Waals surface area contributed by atoms with Crippen LogP contribution in [0.2, 0.25) is 19.6 Å². The van der Waals surface area contributed by atoms with Crippen molar-refractivity contribution in [3.05, 3.63) is 0 Å². The number of rotatable bonds is 2. The lowest BCUT2D eigenvalue weighted by atomic mass is 9.45. The van der Waals surface area contributed by atoms with E-state index in [2.05, 4.69) is 33.5 Å². The Morgan fingerprint density at radius 3 is 2.46 bits per heavy atom. The normalized spacial score (nSPS) is 48.7. The summed E-state index contributed by atoms with van der Waals surface area (Å²) in [5.74, 6) is 2.46. The number of carbonyl (C=O) groups is 2. The quantitative estimate of drug-likeness (QED) is 0.637. The average Bonchev–Trinajstić information content (AvgIpc) is 2.81. The van der Waals surface area contributed by atoms with Gasteiger partial charge in [0.1, 0.15) is 11.6 Å². The zero-order valence-electron chi connectivity index (χ0n) is 17.3. The molecule has 4 heteroatoms. The van der Waals surface area contributed by atoms with Gasteiger partial charge in [-0.1, -0.05) is 13.8 Å². The van der Waals surface area contributed by atoms with Gasteiger partial charge in [0.15, 0.2) is 8.32 Å². The van der Waals surface area contributed by atoms with Crippen LogP contribution in [-0.4, -0.2) is 26.0 Å². The van der Waals surface area contributed by atoms with Crippen LogP contribution in [0.4, 0.5) is 0 Å². The third kappa shape index (κ3) is 2.78. The monoisotopic (exact) mass is 376 g/mol. The summed E-state index contributed by atoms with van der Waals surface area (Å²) in [5.41, 5.74) is -0.216. The molecular formula is C22H36O3Si. The molecule has 0 bridgehead atoms. The fourth-order valence-corrected chi connectivity index (χ4v) is 8.63. The first-order valence-corrected chi connectivity index (χ1v) is 14.2. The Morgan fingerprint density at radius 1 is 1.04 bits per heavy atom. The van der Waals surface area contributed by atoms with E-state index in [4.69, 9.17) is 4.43 Å². The van der Waals surface area contributed by atoms with Crippen molar-refractivity contribution in [1.29, 1.82) is 0 Å². The van der Waals surface area contributed by atoms with Crippen LogP contribution >= 0.6 is 0 Å². The maximum atomic E-state index is 13.3. The molecule has 0 radical (unpaired) electrons. The van der Waals surface area contributed by atoms with Gasteiger partial charge in [-0.15, -0.1) is 0 Å². The molecule has 0 aromatic carbocycles. The van der Waals surface area contributed by atoms with Gasteiger partial charge in [0.05, 0.1) is 0 Å². The lowest BCUT2D eigenvalue weighted by molar-refractivity contribution is -0.162. The minimum Gasteiger partial charge on any atom is -0.415 e. The number of fused-ring (bicyclic) bond motifs is 5. The van der Waals surface area contributed by atoms with Gasteiger partial charge in [-0.05, 0) is 81.3 Å². The molecule has 0 amide bonds. The van der Waals surface area contributed by atoms with Gasteiger partial charge in [0.2, 0.25) is 0 Å². The highest BCUT2D eigenvalue weighted by atomic mass is 28.4. The van der Waals surface area contributed by atoms with Gasteiger partial charge in [0, 0.05) is 30.3 Å². The van der Waals surface area contributed by atoms with Crippen molar-refractivity contribution in [2.45, 2.75) is 91.0 Å². The van der Waals surface area contributed by atoms with Crippen LogP contribution in [0, 0.1) is 34.5 Å². The minimum atomic E-state index is -1.51. The summed E-state index contributed by atoms with van der Waals surface area (Å²) in [6.07, 6.45) is 8.35. The second-order valence-corrected chi connectivity index (χ2v) is 15.6. The Bertz CT molecular complexity index is 623. The van der Waals surface area contributed by atoms with Gasteiger partial charge in [-0.3, -0.25) is 9.59 Å². The Hall–Kier alpha value is -0.483. The van der Waals surface area contributed by atoms with Crippen molar-refractivity contribution in [3.8, 4) is 0 Å². The first-order valence-electron chi connectivity index (χ1n) is 10.8. The van der Waals surface area contributed by atoms with Gasteiger partial charge in [-0.2, -0.15) is 0 Å². The lowest BCUT2D eigenvalue weighted by Crippen LogP contribution is -2.58. The van der Waals surface area contributed by atoms with Crippen LogP contribution in [0.15, 0.2) is 0 Å². The second-order valence-electron chi connectivity index (χ2n) is 11.2. The third-order valence-corrected chi connectivity index (χ3v) is 9.58. The highest BCUT2D eigenvalue weighted by molar-refractivity contribution is 6.69. The van der Waals surface area contributed by atoms with E-state index in [1.807, 2.05) is 0 Å². The topological polar surface area (TPSA) is 43.4 Å². The predicted octanol–water partition coefficient (Wildman–Crippen LogP) is 5.00. The van der Waals surface area contributed by atoms with Crippen LogP contribution in [0.1, 0.15) is 65.2 Å². The van der Waals surface area contributed by atoms with Crippen molar-refractivity contribution in [2.24, 2.45) is 34.5 Å². The molecule has 0 heterocycles. The fourth-order valence-electron chi connectivity index (χ4n) is 7.42. The molecule has 4 saturated carbocycles. The molecular weight excluding hydrogens is 340 g/mol. The highest BCUT2D eigenvalue weighted by Gasteiger charge is 2.63. The molecule has 4 rings (SSSR count). The maximum Gasteiger partial charge on any atom is 0.184 e. The predicted molar refractivity (Wildman–Crippen MR) is 105 cm³/mol. The third-order valence-electron chi connectivity index (χ3n) is 8.54. The van der Waals surface area contributed by atoms with Crippen LogP contribution < -0.4 is 0 Å². The molecule has 4 aliphatic carbocycles. The molecule has 4 aliphatic rings. The number of hydrogen-bond acceptors (Lipinski definition) is 3. The van der Waals surface area contributed by atoms with Gasteiger partial charge in [0.25, 0.3) is 0 Å². The zero-order chi connectivity index (χ0) is 18.9. The van der Waals surface area contributed by atoms with E-state index in [1.54, 1.807) is 0 Å². The SMILES string of the molecule is C[C@]12CC[C@@H](O[Si](C)(C)C)C[C@H]1CC[C@@H]1[C@@H]2C(=O)C[C@]2(C)C(=O)CC[C@@H]12. The molecule has 4 fully saturated rings. The highest BCUT2D eigenvalue weighted by Crippen LogP contribution is 2.64. The van der Waals surface area contributed by atoms with Crippen molar-refractivity contribution in [1.82, 2.24) is 0 Å². The van der Waals surface area contributed by atoms with Gasteiger partial charge < -0.3 is 4.43 Å². The molecule has 0 aromatic heterocycles. The second kappa shape index (κ2) is 6.01. The minimum absolute atomic E-state index is 0.131. The van der Waals surface area contributed by atoms with Crippen LogP contribution in [0.25, 0.3) is 0 Å². The Labute approximate surface area is 159 Å². The number of ketones is 2. The maximum absolute atomic E-state index is 13.3. The Balaban J connectivity index is 1.58. The van der Waals surface area contributed by atoms with Gasteiger partial charge >= 0.3 is 0 Å². The number of carbonyl (C=O) groups excluding carboxylic acids is 2. The molecule has 0 aromatic rings. The lowest BCUT2D eigenvalue weighted by Gasteiger charge is -2.59. The number of Topliss-reactive ketones (excluding diaryl/α,β-unsaturated/α-hetero) is 2. The summed E-state index contributed by atoms with van der Waals surface area (Å²) in [6, 6.07) is 0. The summed E-state index contributed by atoms with van der Waals surface area (Å²) in [6.45, 7) is 11.3. The van der Waals surface area contributed by atoms with E-state index in [1.165, 1.54) is 6.42 Å². The van der Waals surface area contributed by atoms with Crippen LogP contribution in [-0.2, 0) is 14.0 Å². The van der Waals surface area contributed by atoms with E-state index in [0.717, 1.165) is 32.1 Å². The largest absolute Gasteiger partial charge is 0.415 e. The summed E-state index contributed by atoms with van der Waals surface area (Å²) in [7, 11) is -1.51. The van der Waals surface area contributed by atoms with Gasteiger partial charge in [-0.25, -0.2) is 0 Å². The molecule has 0 saturated heterocycles. The molecule has 0 N–H and O–H groups in total. The van der Waals surface area contributed by atoms with E-state index in [9.17, 15) is 9.59 Å². The summed E-state index contributed by atoms with van der Waals surface area (Å²) >= 11 is 0. The molecule has 146 valence electrons. The van der Waals surface area contributed by atoms with Crippen molar-refractivity contribution >= 4 is 19.9 Å². The van der Waals surface area contributed by atoms with Crippen LogP contribution in [0.3, 0.4) is 0 Å².